The van der Waals surface area contributed by atoms with Gasteiger partial charge in [-0.05, 0) is 24.3 Å². The molecule has 7 nitrogen and oxygen atoms in total. The van der Waals surface area contributed by atoms with E-state index in [1.807, 2.05) is 0 Å². The molecule has 7 heteroatoms. The molecule has 0 saturated heterocycles. The molecule has 0 radical (unpaired) electrons. The highest BCUT2D eigenvalue weighted by molar-refractivity contribution is 5.97. The minimum absolute atomic E-state index is 0.351. The third-order valence-corrected chi connectivity index (χ3v) is 2.99. The maximum Gasteiger partial charge on any atom is 0.286 e. The van der Waals surface area contributed by atoms with Crippen LogP contribution >= 0.6 is 0 Å². The molecule has 0 saturated carbocycles. The zero-order valence-corrected chi connectivity index (χ0v) is 12.8. The SMILES string of the molecule is COc1cccc(/C=C/C(=O)NNC(=O)c2ccc[nH]2)c1OC. The zero-order valence-electron chi connectivity index (χ0n) is 12.8. The van der Waals surface area contributed by atoms with E-state index in [2.05, 4.69) is 15.8 Å². The highest BCUT2D eigenvalue weighted by Crippen LogP contribution is 2.31. The molecule has 2 rings (SSSR count). The number of aromatic nitrogens is 1. The maximum absolute atomic E-state index is 11.7. The molecule has 0 aliphatic heterocycles. The van der Waals surface area contributed by atoms with Crippen LogP contribution in [-0.4, -0.2) is 31.0 Å². The lowest BCUT2D eigenvalue weighted by atomic mass is 10.1. The predicted octanol–water partition coefficient (Wildman–Crippen LogP) is 1.51. The summed E-state index contributed by atoms with van der Waals surface area (Å²) in [5.74, 6) is 0.176. The molecule has 0 fully saturated rings. The first-order valence-electron chi connectivity index (χ1n) is 6.78. The summed E-state index contributed by atoms with van der Waals surface area (Å²) in [6.45, 7) is 0. The second kappa shape index (κ2) is 7.69. The average molecular weight is 315 g/mol. The molecular formula is C16H17N3O4. The van der Waals surface area contributed by atoms with Gasteiger partial charge in [0.1, 0.15) is 5.69 Å². The Morgan fingerprint density at radius 3 is 2.57 bits per heavy atom. The van der Waals surface area contributed by atoms with E-state index < -0.39 is 11.8 Å². The van der Waals surface area contributed by atoms with Crippen LogP contribution in [0.2, 0.25) is 0 Å². The molecule has 1 aromatic carbocycles. The number of aromatic amines is 1. The van der Waals surface area contributed by atoms with E-state index >= 15 is 0 Å². The van der Waals surface area contributed by atoms with Crippen LogP contribution in [0.4, 0.5) is 0 Å². The van der Waals surface area contributed by atoms with Crippen molar-refractivity contribution in [2.24, 2.45) is 0 Å². The first-order chi connectivity index (χ1) is 11.2. The standard InChI is InChI=1S/C16H17N3O4/c1-22-13-7-3-5-11(15(13)23-2)8-9-14(20)18-19-16(21)12-6-4-10-17-12/h3-10,17H,1-2H3,(H,18,20)(H,19,21)/b9-8+. The molecular weight excluding hydrogens is 298 g/mol. The molecule has 0 atom stereocenters. The maximum atomic E-state index is 11.7. The largest absolute Gasteiger partial charge is 0.493 e. The Bertz CT molecular complexity index is 708. The van der Waals surface area contributed by atoms with Gasteiger partial charge in [-0.1, -0.05) is 12.1 Å². The predicted molar refractivity (Wildman–Crippen MR) is 85.0 cm³/mol. The Labute approximate surface area is 133 Å². The van der Waals surface area contributed by atoms with Gasteiger partial charge in [-0.25, -0.2) is 0 Å². The van der Waals surface area contributed by atoms with E-state index in [0.29, 0.717) is 22.8 Å². The van der Waals surface area contributed by atoms with Crippen molar-refractivity contribution >= 4 is 17.9 Å². The fraction of sp³-hybridized carbons (Fsp3) is 0.125. The van der Waals surface area contributed by atoms with Crippen molar-refractivity contribution in [3.05, 3.63) is 53.9 Å². The number of hydrogen-bond donors (Lipinski definition) is 3. The summed E-state index contributed by atoms with van der Waals surface area (Å²) < 4.78 is 10.4. The van der Waals surface area contributed by atoms with Crippen LogP contribution in [0.25, 0.3) is 6.08 Å². The van der Waals surface area contributed by atoms with Crippen molar-refractivity contribution < 1.29 is 19.1 Å². The molecule has 3 N–H and O–H groups in total. The van der Waals surface area contributed by atoms with Crippen LogP contribution < -0.4 is 20.3 Å². The number of methoxy groups -OCH3 is 2. The fourth-order valence-electron chi connectivity index (χ4n) is 1.91. The first kappa shape index (κ1) is 16.2. The van der Waals surface area contributed by atoms with Gasteiger partial charge in [0.25, 0.3) is 11.8 Å². The summed E-state index contributed by atoms with van der Waals surface area (Å²) in [6, 6.07) is 8.60. The number of H-pyrrole nitrogens is 1. The molecule has 0 bridgehead atoms. The van der Waals surface area contributed by atoms with Crippen LogP contribution in [0, 0.1) is 0 Å². The van der Waals surface area contributed by atoms with Gasteiger partial charge in [0.05, 0.1) is 14.2 Å². The van der Waals surface area contributed by atoms with E-state index in [0.717, 1.165) is 0 Å². The Morgan fingerprint density at radius 1 is 1.09 bits per heavy atom. The molecule has 0 aliphatic carbocycles. The average Bonchev–Trinajstić information content (AvgIpc) is 3.11. The molecule has 23 heavy (non-hydrogen) atoms. The summed E-state index contributed by atoms with van der Waals surface area (Å²) in [7, 11) is 3.06. The fourth-order valence-corrected chi connectivity index (χ4v) is 1.91. The summed E-state index contributed by atoms with van der Waals surface area (Å²) in [5, 5.41) is 0. The Morgan fingerprint density at radius 2 is 1.91 bits per heavy atom. The minimum atomic E-state index is -0.477. The van der Waals surface area contributed by atoms with Gasteiger partial charge >= 0.3 is 0 Å². The van der Waals surface area contributed by atoms with Crippen LogP contribution in [0.1, 0.15) is 16.1 Å². The van der Waals surface area contributed by atoms with Gasteiger partial charge in [0, 0.05) is 17.8 Å². The van der Waals surface area contributed by atoms with Gasteiger partial charge in [-0.15, -0.1) is 0 Å². The number of carbonyl (C=O) groups excluding carboxylic acids is 2. The molecule has 2 aromatic rings. The number of amides is 2. The minimum Gasteiger partial charge on any atom is -0.493 e. The van der Waals surface area contributed by atoms with Crippen molar-refractivity contribution in [2.75, 3.05) is 14.2 Å². The lowest BCUT2D eigenvalue weighted by Crippen LogP contribution is -2.40. The van der Waals surface area contributed by atoms with E-state index in [1.54, 1.807) is 42.6 Å². The topological polar surface area (TPSA) is 92.5 Å². The number of hydrogen-bond acceptors (Lipinski definition) is 4. The smallest absolute Gasteiger partial charge is 0.286 e. The van der Waals surface area contributed by atoms with Gasteiger partial charge in [-0.2, -0.15) is 0 Å². The zero-order chi connectivity index (χ0) is 16.7. The van der Waals surface area contributed by atoms with Crippen molar-refractivity contribution in [1.29, 1.82) is 0 Å². The third kappa shape index (κ3) is 4.13. The quantitative estimate of drug-likeness (QED) is 0.576. The van der Waals surface area contributed by atoms with Crippen LogP contribution in [0.15, 0.2) is 42.6 Å². The van der Waals surface area contributed by atoms with Crippen molar-refractivity contribution in [2.45, 2.75) is 0 Å². The van der Waals surface area contributed by atoms with Gasteiger partial charge in [-0.3, -0.25) is 20.4 Å². The highest BCUT2D eigenvalue weighted by atomic mass is 16.5. The van der Waals surface area contributed by atoms with Gasteiger partial charge < -0.3 is 14.5 Å². The molecule has 0 aliphatic rings. The molecule has 0 unspecified atom stereocenters. The third-order valence-electron chi connectivity index (χ3n) is 2.99. The van der Waals surface area contributed by atoms with Crippen LogP contribution in [0.5, 0.6) is 11.5 Å². The molecule has 1 heterocycles. The Hall–Kier alpha value is -3.22. The number of para-hydroxylation sites is 1. The van der Waals surface area contributed by atoms with Crippen LogP contribution in [-0.2, 0) is 4.79 Å². The van der Waals surface area contributed by atoms with E-state index in [9.17, 15) is 9.59 Å². The normalized spacial score (nSPS) is 10.3. The lowest BCUT2D eigenvalue weighted by molar-refractivity contribution is -0.117. The van der Waals surface area contributed by atoms with E-state index in [-0.39, 0.29) is 0 Å². The summed E-state index contributed by atoms with van der Waals surface area (Å²) in [6.07, 6.45) is 4.47. The van der Waals surface area contributed by atoms with Gasteiger partial charge in [0.15, 0.2) is 11.5 Å². The van der Waals surface area contributed by atoms with Crippen molar-refractivity contribution in [3.63, 3.8) is 0 Å². The monoisotopic (exact) mass is 315 g/mol. The Balaban J connectivity index is 1.97. The van der Waals surface area contributed by atoms with Crippen molar-refractivity contribution in [3.8, 4) is 11.5 Å². The second-order valence-electron chi connectivity index (χ2n) is 4.44. The first-order valence-corrected chi connectivity index (χ1v) is 6.78. The number of ether oxygens (including phenoxy) is 2. The molecule has 120 valence electrons. The van der Waals surface area contributed by atoms with E-state index in [1.165, 1.54) is 20.3 Å². The second-order valence-corrected chi connectivity index (χ2v) is 4.44. The van der Waals surface area contributed by atoms with Gasteiger partial charge in [0.2, 0.25) is 0 Å². The molecule has 2 amide bonds. The van der Waals surface area contributed by atoms with E-state index in [4.69, 9.17) is 9.47 Å². The summed E-state index contributed by atoms with van der Waals surface area (Å²) >= 11 is 0. The number of carbonyl (C=O) groups is 2. The van der Waals surface area contributed by atoms with Crippen LogP contribution in [0.3, 0.4) is 0 Å². The number of nitrogens with one attached hydrogen (secondary N) is 3. The Kier molecular flexibility index (Phi) is 5.40. The summed E-state index contributed by atoms with van der Waals surface area (Å²) in [5.41, 5.74) is 5.61. The number of rotatable bonds is 5. The summed E-state index contributed by atoms with van der Waals surface area (Å²) in [4.78, 5) is 26.1. The lowest BCUT2D eigenvalue weighted by Gasteiger charge is -2.09. The van der Waals surface area contributed by atoms with Crippen molar-refractivity contribution in [1.82, 2.24) is 15.8 Å². The number of hydrazine groups is 1. The number of benzene rings is 1. The molecule has 1 aromatic heterocycles. The highest BCUT2D eigenvalue weighted by Gasteiger charge is 2.08. The molecule has 0 spiro atoms.